The zero-order valence-corrected chi connectivity index (χ0v) is 21.8. The fourth-order valence-corrected chi connectivity index (χ4v) is 6.76. The van der Waals surface area contributed by atoms with E-state index in [2.05, 4.69) is 18.6 Å². The van der Waals surface area contributed by atoms with Gasteiger partial charge in [-0.15, -0.1) is 11.8 Å². The number of piperidine rings is 1. The monoisotopic (exact) mass is 502 g/mol. The second-order valence-corrected chi connectivity index (χ2v) is 11.7. The van der Waals surface area contributed by atoms with Crippen LogP contribution >= 0.6 is 11.8 Å². The second-order valence-electron chi connectivity index (χ2n) is 9.12. The molecule has 2 aromatic carbocycles. The number of sulfonamides is 1. The summed E-state index contributed by atoms with van der Waals surface area (Å²) in [6.45, 7) is 5.58. The number of fused-ring (bicyclic) bond motifs is 1. The number of rotatable bonds is 7. The van der Waals surface area contributed by atoms with E-state index in [1.807, 2.05) is 35.4 Å². The van der Waals surface area contributed by atoms with Crippen LogP contribution in [-0.2, 0) is 10.0 Å². The number of hydrogen-bond donors (Lipinski definition) is 1. The van der Waals surface area contributed by atoms with E-state index in [0.29, 0.717) is 12.0 Å². The average Bonchev–Trinajstić information content (AvgIpc) is 2.88. The summed E-state index contributed by atoms with van der Waals surface area (Å²) in [7, 11) is -3.87. The minimum Gasteiger partial charge on any atom is -0.487 e. The maximum Gasteiger partial charge on any atom is 0.255 e. The van der Waals surface area contributed by atoms with Gasteiger partial charge in [0.25, 0.3) is 5.91 Å². The molecule has 0 spiro atoms. The molecule has 0 unspecified atom stereocenters. The lowest BCUT2D eigenvalue weighted by atomic mass is 9.84. The topological polar surface area (TPSA) is 75.7 Å². The lowest BCUT2D eigenvalue weighted by Crippen LogP contribution is -2.44. The summed E-state index contributed by atoms with van der Waals surface area (Å²) in [6, 6.07) is 12.1. The van der Waals surface area contributed by atoms with Crippen molar-refractivity contribution in [3.8, 4) is 5.75 Å². The molecular weight excluding hydrogens is 468 g/mol. The van der Waals surface area contributed by atoms with Crippen molar-refractivity contribution in [2.75, 3.05) is 19.3 Å². The van der Waals surface area contributed by atoms with E-state index in [0.717, 1.165) is 61.4 Å². The Morgan fingerprint density at radius 1 is 1.12 bits per heavy atom. The molecule has 0 aliphatic carbocycles. The summed E-state index contributed by atoms with van der Waals surface area (Å²) in [5.41, 5.74) is 0.884. The van der Waals surface area contributed by atoms with Gasteiger partial charge < -0.3 is 9.64 Å². The first-order valence-corrected chi connectivity index (χ1v) is 14.8. The van der Waals surface area contributed by atoms with Gasteiger partial charge in [0.05, 0.1) is 16.5 Å². The number of amides is 1. The molecule has 1 amide bonds. The van der Waals surface area contributed by atoms with Crippen molar-refractivity contribution >= 4 is 27.7 Å². The van der Waals surface area contributed by atoms with Gasteiger partial charge in [0.15, 0.2) is 0 Å². The van der Waals surface area contributed by atoms with Crippen molar-refractivity contribution in [2.45, 2.75) is 73.8 Å². The summed E-state index contributed by atoms with van der Waals surface area (Å²) in [6.07, 6.45) is 7.13. The molecule has 8 heteroatoms. The third-order valence-corrected chi connectivity index (χ3v) is 9.40. The number of thioether (sulfide) groups is 1. The molecule has 184 valence electrons. The first kappa shape index (κ1) is 25.1. The van der Waals surface area contributed by atoms with Crippen LogP contribution in [0.4, 0.5) is 0 Å². The number of nitrogens with zero attached hydrogens (tertiary/aromatic N) is 1. The van der Waals surface area contributed by atoms with E-state index in [-0.39, 0.29) is 10.8 Å². The molecule has 34 heavy (non-hydrogen) atoms. The van der Waals surface area contributed by atoms with Crippen LogP contribution in [-0.4, -0.2) is 44.2 Å². The largest absolute Gasteiger partial charge is 0.487 e. The van der Waals surface area contributed by atoms with Crippen molar-refractivity contribution < 1.29 is 17.9 Å². The first-order chi connectivity index (χ1) is 16.3. The quantitative estimate of drug-likeness (QED) is 0.514. The predicted octanol–water partition coefficient (Wildman–Crippen LogP) is 5.40. The molecule has 4 rings (SSSR count). The Bertz CT molecular complexity index is 1140. The van der Waals surface area contributed by atoms with Crippen LogP contribution in [0.25, 0.3) is 0 Å². The normalized spacial score (nSPS) is 19.9. The van der Waals surface area contributed by atoms with Crippen LogP contribution in [0, 0.1) is 0 Å². The van der Waals surface area contributed by atoms with Crippen molar-refractivity contribution in [1.82, 2.24) is 9.62 Å². The molecule has 6 nitrogen and oxygen atoms in total. The highest BCUT2D eigenvalue weighted by molar-refractivity contribution is 7.98. The number of benzene rings is 2. The van der Waals surface area contributed by atoms with E-state index in [4.69, 9.17) is 4.74 Å². The molecule has 0 aromatic heterocycles. The van der Waals surface area contributed by atoms with Gasteiger partial charge in [-0.3, -0.25) is 4.79 Å². The zero-order valence-electron chi connectivity index (χ0n) is 20.2. The Balaban J connectivity index is 1.66. The van der Waals surface area contributed by atoms with Crippen molar-refractivity contribution in [3.63, 3.8) is 0 Å². The maximum atomic E-state index is 13.6. The summed E-state index contributed by atoms with van der Waals surface area (Å²) >= 11 is 1.46. The van der Waals surface area contributed by atoms with Crippen LogP contribution < -0.4 is 9.46 Å². The van der Waals surface area contributed by atoms with Gasteiger partial charge in [-0.05, 0) is 62.6 Å². The molecular formula is C26H34N2O4S2. The van der Waals surface area contributed by atoms with Crippen LogP contribution in [0.5, 0.6) is 5.75 Å². The Kier molecular flexibility index (Phi) is 7.60. The number of carbonyl (C=O) groups excluding carboxylic acids is 1. The molecule has 1 fully saturated rings. The number of nitrogens with one attached hydrogen (secondary N) is 1. The summed E-state index contributed by atoms with van der Waals surface area (Å²) < 4.78 is 36.4. The second kappa shape index (κ2) is 10.3. The molecule has 1 N–H and O–H groups in total. The summed E-state index contributed by atoms with van der Waals surface area (Å²) in [5.74, 6) is 0.636. The summed E-state index contributed by atoms with van der Waals surface area (Å²) in [4.78, 5) is 16.0. The van der Waals surface area contributed by atoms with E-state index in [1.54, 1.807) is 18.2 Å². The molecule has 2 aromatic rings. The highest BCUT2D eigenvalue weighted by Gasteiger charge is 2.40. The smallest absolute Gasteiger partial charge is 0.255 e. The van der Waals surface area contributed by atoms with Gasteiger partial charge in [-0.25, -0.2) is 13.1 Å². The standard InChI is InChI=1S/C26H34N2O4S2/c1-4-26(5-2)18-22(20-11-7-8-12-23(20)32-26)27-34(30,31)19-13-14-24(33-3)21(17-19)25(29)28-15-9-6-10-16-28/h7-8,11-14,17,22,27H,4-6,9-10,15-16,18H2,1-3H3/t22-/m0/s1. The molecule has 2 aliphatic heterocycles. The third-order valence-electron chi connectivity index (χ3n) is 7.14. The van der Waals surface area contributed by atoms with Crippen LogP contribution in [0.1, 0.15) is 74.3 Å². The van der Waals surface area contributed by atoms with Gasteiger partial charge in [-0.2, -0.15) is 0 Å². The first-order valence-electron chi connectivity index (χ1n) is 12.1. The Morgan fingerprint density at radius 3 is 2.50 bits per heavy atom. The molecule has 2 aliphatic rings. The molecule has 2 heterocycles. The minimum absolute atomic E-state index is 0.0894. The highest BCUT2D eigenvalue weighted by atomic mass is 32.2. The maximum absolute atomic E-state index is 13.6. The zero-order chi connectivity index (χ0) is 24.3. The number of likely N-dealkylation sites (tertiary alicyclic amines) is 1. The number of ether oxygens (including phenoxy) is 1. The van der Waals surface area contributed by atoms with Crippen LogP contribution in [0.3, 0.4) is 0 Å². The Morgan fingerprint density at radius 2 is 1.82 bits per heavy atom. The molecule has 1 saturated heterocycles. The Labute approximate surface area is 207 Å². The van der Waals surface area contributed by atoms with Gasteiger partial charge in [0, 0.05) is 30.0 Å². The summed E-state index contributed by atoms with van der Waals surface area (Å²) in [5, 5.41) is 0. The van der Waals surface area contributed by atoms with Gasteiger partial charge >= 0.3 is 0 Å². The fraction of sp³-hybridized carbons (Fsp3) is 0.500. The lowest BCUT2D eigenvalue weighted by Gasteiger charge is -2.41. The van der Waals surface area contributed by atoms with Crippen LogP contribution in [0.15, 0.2) is 52.3 Å². The minimum atomic E-state index is -3.87. The lowest BCUT2D eigenvalue weighted by molar-refractivity contribution is 0.0260. The highest BCUT2D eigenvalue weighted by Crippen LogP contribution is 2.43. The van der Waals surface area contributed by atoms with E-state index in [9.17, 15) is 13.2 Å². The number of para-hydroxylation sites is 1. The molecule has 0 bridgehead atoms. The van der Waals surface area contributed by atoms with Crippen LogP contribution in [0.2, 0.25) is 0 Å². The predicted molar refractivity (Wildman–Crippen MR) is 136 cm³/mol. The SMILES string of the molecule is CCC1(CC)C[C@H](NS(=O)(=O)c2ccc(SC)c(C(=O)N3CCCCC3)c2)c2ccccc2O1. The van der Waals surface area contributed by atoms with Crippen molar-refractivity contribution in [2.24, 2.45) is 0 Å². The van der Waals surface area contributed by atoms with E-state index < -0.39 is 21.7 Å². The van der Waals surface area contributed by atoms with Crippen molar-refractivity contribution in [3.05, 3.63) is 53.6 Å². The van der Waals surface area contributed by atoms with Gasteiger partial charge in [-0.1, -0.05) is 32.0 Å². The van der Waals surface area contributed by atoms with E-state index >= 15 is 0 Å². The van der Waals surface area contributed by atoms with E-state index in [1.165, 1.54) is 11.8 Å². The number of carbonyl (C=O) groups is 1. The third kappa shape index (κ3) is 4.99. The van der Waals surface area contributed by atoms with Gasteiger partial charge in [0.1, 0.15) is 11.4 Å². The average molecular weight is 503 g/mol. The fourth-order valence-electron chi connectivity index (χ4n) is 4.95. The molecule has 0 radical (unpaired) electrons. The Hall–Kier alpha value is -2.03. The molecule has 1 atom stereocenters. The molecule has 0 saturated carbocycles. The number of hydrogen-bond acceptors (Lipinski definition) is 5. The van der Waals surface area contributed by atoms with Gasteiger partial charge in [0.2, 0.25) is 10.0 Å². The van der Waals surface area contributed by atoms with Crippen molar-refractivity contribution in [1.29, 1.82) is 0 Å².